The summed E-state index contributed by atoms with van der Waals surface area (Å²) in [5.41, 5.74) is 0. The number of rotatable bonds is 4. The van der Waals surface area contributed by atoms with E-state index in [1.54, 1.807) is 0 Å². The second-order valence-corrected chi connectivity index (χ2v) is 6.42. The number of hydrogen-bond acceptors (Lipinski definition) is 4. The molecule has 0 aliphatic carbocycles. The van der Waals surface area contributed by atoms with E-state index in [1.807, 2.05) is 0 Å². The fourth-order valence-electron chi connectivity index (χ4n) is 1.33. The number of aromatic nitrogens is 2. The third-order valence-electron chi connectivity index (χ3n) is 2.32. The quantitative estimate of drug-likeness (QED) is 0.317. The van der Waals surface area contributed by atoms with Gasteiger partial charge in [-0.3, -0.25) is 0 Å². The highest BCUT2D eigenvalue weighted by molar-refractivity contribution is 8.16. The number of nitrogens with zero attached hydrogens (tertiary/aromatic N) is 2. The van der Waals surface area contributed by atoms with Crippen molar-refractivity contribution in [1.82, 2.24) is 9.97 Å². The van der Waals surface area contributed by atoms with Gasteiger partial charge >= 0.3 is 0 Å². The first-order chi connectivity index (χ1) is 10.7. The second-order valence-electron chi connectivity index (χ2n) is 3.71. The van der Waals surface area contributed by atoms with Gasteiger partial charge in [0, 0.05) is 5.08 Å². The summed E-state index contributed by atoms with van der Waals surface area (Å²) < 4.78 is 91.8. The lowest BCUT2D eigenvalue weighted by molar-refractivity contribution is 0.381. The average molecular weight is 395 g/mol. The molecule has 0 amide bonds. The standard InChI is InChI=1S/C11H2ClF7N2S2/c12-2-6(5(15)10(18)20-8(2)16)22-1-23-7-3(13)4(14)9(17)21-11(7)19/h1H2. The molecule has 2 aromatic rings. The second kappa shape index (κ2) is 7.14. The molecule has 0 fully saturated rings. The molecule has 0 radical (unpaired) electrons. The summed E-state index contributed by atoms with van der Waals surface area (Å²) in [6, 6.07) is 0. The maximum absolute atomic E-state index is 13.5. The molecule has 2 aromatic heterocycles. The van der Waals surface area contributed by atoms with E-state index < -0.39 is 61.1 Å². The van der Waals surface area contributed by atoms with Gasteiger partial charge in [0.05, 0.1) is 4.90 Å². The van der Waals surface area contributed by atoms with Crippen molar-refractivity contribution < 1.29 is 30.7 Å². The first kappa shape index (κ1) is 18.1. The van der Waals surface area contributed by atoms with Gasteiger partial charge in [-0.05, 0) is 0 Å². The number of pyridine rings is 2. The van der Waals surface area contributed by atoms with Gasteiger partial charge < -0.3 is 0 Å². The maximum atomic E-state index is 13.5. The summed E-state index contributed by atoms with van der Waals surface area (Å²) >= 11 is 6.07. The number of hydrogen-bond donors (Lipinski definition) is 0. The van der Waals surface area contributed by atoms with Gasteiger partial charge in [0.25, 0.3) is 11.9 Å². The van der Waals surface area contributed by atoms with Gasteiger partial charge in [0.2, 0.25) is 17.7 Å². The minimum atomic E-state index is -1.98. The number of thioether (sulfide) groups is 2. The van der Waals surface area contributed by atoms with Crippen molar-refractivity contribution in [3.63, 3.8) is 0 Å². The molecule has 0 aliphatic heterocycles. The first-order valence-corrected chi connectivity index (χ1v) is 7.74. The molecule has 0 aliphatic rings. The molecule has 0 unspecified atom stereocenters. The van der Waals surface area contributed by atoms with Crippen LogP contribution < -0.4 is 0 Å². The molecule has 2 rings (SSSR count). The summed E-state index contributed by atoms with van der Waals surface area (Å²) in [5.74, 6) is -12.1. The average Bonchev–Trinajstić information content (AvgIpc) is 2.49. The van der Waals surface area contributed by atoms with Gasteiger partial charge in [-0.1, -0.05) is 11.6 Å². The zero-order valence-corrected chi connectivity index (χ0v) is 12.8. The van der Waals surface area contributed by atoms with E-state index in [0.717, 1.165) is 0 Å². The lowest BCUT2D eigenvalue weighted by atomic mass is 10.4. The van der Waals surface area contributed by atoms with E-state index in [4.69, 9.17) is 11.6 Å². The Morgan fingerprint density at radius 2 is 1.17 bits per heavy atom. The molecule has 0 bridgehead atoms. The molecule has 23 heavy (non-hydrogen) atoms. The zero-order chi connectivity index (χ0) is 17.3. The highest BCUT2D eigenvalue weighted by Crippen LogP contribution is 2.37. The summed E-state index contributed by atoms with van der Waals surface area (Å²) in [6.07, 6.45) is 0. The molecular formula is C11H2ClF7N2S2. The predicted octanol–water partition coefficient (Wildman–Crippen LogP) is 4.95. The Morgan fingerprint density at radius 1 is 0.652 bits per heavy atom. The van der Waals surface area contributed by atoms with E-state index >= 15 is 0 Å². The van der Waals surface area contributed by atoms with Crippen molar-refractivity contribution in [3.05, 3.63) is 46.3 Å². The van der Waals surface area contributed by atoms with Gasteiger partial charge in [-0.25, -0.2) is 8.78 Å². The van der Waals surface area contributed by atoms with Crippen molar-refractivity contribution in [2.45, 2.75) is 9.79 Å². The van der Waals surface area contributed by atoms with Crippen LogP contribution in [0.2, 0.25) is 5.02 Å². The van der Waals surface area contributed by atoms with Crippen molar-refractivity contribution >= 4 is 35.1 Å². The molecule has 12 heteroatoms. The molecule has 0 aromatic carbocycles. The molecule has 0 spiro atoms. The Kier molecular flexibility index (Phi) is 5.63. The summed E-state index contributed by atoms with van der Waals surface area (Å²) in [5, 5.41) is -1.25. The topological polar surface area (TPSA) is 25.8 Å². The summed E-state index contributed by atoms with van der Waals surface area (Å²) in [4.78, 5) is 3.43. The minimum absolute atomic E-state index is 0.274. The van der Waals surface area contributed by atoms with Crippen LogP contribution in [0.5, 0.6) is 0 Å². The van der Waals surface area contributed by atoms with Crippen LogP contribution in [0, 0.1) is 41.2 Å². The first-order valence-electron chi connectivity index (χ1n) is 5.39. The molecule has 124 valence electrons. The fourth-order valence-corrected chi connectivity index (χ4v) is 3.60. The van der Waals surface area contributed by atoms with E-state index in [-0.39, 0.29) is 11.8 Å². The van der Waals surface area contributed by atoms with Gasteiger partial charge in [-0.15, -0.1) is 23.5 Å². The highest BCUT2D eigenvalue weighted by Gasteiger charge is 2.23. The Hall–Kier alpha value is -1.20. The molecule has 0 saturated heterocycles. The van der Waals surface area contributed by atoms with Crippen LogP contribution in [0.15, 0.2) is 9.79 Å². The Balaban J connectivity index is 2.21. The SMILES string of the molecule is Fc1nc(F)c(SCSc2c(F)c(F)nc(F)c2Cl)c(F)c1F. The Morgan fingerprint density at radius 3 is 1.83 bits per heavy atom. The minimum Gasteiger partial charge on any atom is -0.202 e. The largest absolute Gasteiger partial charge is 0.254 e. The molecule has 0 saturated carbocycles. The predicted molar refractivity (Wildman–Crippen MR) is 69.8 cm³/mol. The monoisotopic (exact) mass is 394 g/mol. The van der Waals surface area contributed by atoms with Gasteiger partial charge in [0.15, 0.2) is 11.6 Å². The van der Waals surface area contributed by atoms with Crippen LogP contribution in [-0.2, 0) is 0 Å². The molecule has 0 atom stereocenters. The van der Waals surface area contributed by atoms with E-state index in [9.17, 15) is 30.7 Å². The van der Waals surface area contributed by atoms with Gasteiger partial charge in [0.1, 0.15) is 9.92 Å². The van der Waals surface area contributed by atoms with E-state index in [2.05, 4.69) is 9.97 Å². The molecule has 0 N–H and O–H groups in total. The summed E-state index contributed by atoms with van der Waals surface area (Å²) in [7, 11) is 0. The molecular weight excluding hydrogens is 393 g/mol. The lowest BCUT2D eigenvalue weighted by Crippen LogP contribution is -2.02. The third-order valence-corrected chi connectivity index (χ3v) is 5.03. The normalized spacial score (nSPS) is 11.1. The Labute approximate surface area is 137 Å². The summed E-state index contributed by atoms with van der Waals surface area (Å²) in [6.45, 7) is 0. The molecule has 2 heterocycles. The zero-order valence-electron chi connectivity index (χ0n) is 10.4. The van der Waals surface area contributed by atoms with Gasteiger partial charge in [-0.2, -0.15) is 31.9 Å². The lowest BCUT2D eigenvalue weighted by Gasteiger charge is -2.08. The third kappa shape index (κ3) is 3.66. The van der Waals surface area contributed by atoms with Crippen LogP contribution in [-0.4, -0.2) is 15.1 Å². The van der Waals surface area contributed by atoms with Crippen molar-refractivity contribution in [3.8, 4) is 0 Å². The number of halogens is 8. The van der Waals surface area contributed by atoms with Crippen molar-refractivity contribution in [1.29, 1.82) is 0 Å². The Bertz CT molecular complexity index is 749. The molecule has 2 nitrogen and oxygen atoms in total. The highest BCUT2D eigenvalue weighted by atomic mass is 35.5. The van der Waals surface area contributed by atoms with Crippen LogP contribution >= 0.6 is 35.1 Å². The smallest absolute Gasteiger partial charge is 0.202 e. The van der Waals surface area contributed by atoms with E-state index in [0.29, 0.717) is 11.8 Å². The van der Waals surface area contributed by atoms with Crippen LogP contribution in [0.3, 0.4) is 0 Å². The van der Waals surface area contributed by atoms with E-state index in [1.165, 1.54) is 0 Å². The van der Waals surface area contributed by atoms with Crippen LogP contribution in [0.25, 0.3) is 0 Å². The van der Waals surface area contributed by atoms with Crippen LogP contribution in [0.1, 0.15) is 0 Å². The van der Waals surface area contributed by atoms with Crippen LogP contribution in [0.4, 0.5) is 30.7 Å². The fraction of sp³-hybridized carbons (Fsp3) is 0.0909. The van der Waals surface area contributed by atoms with Crippen molar-refractivity contribution in [2.24, 2.45) is 0 Å². The van der Waals surface area contributed by atoms with Crippen molar-refractivity contribution in [2.75, 3.05) is 5.08 Å². The maximum Gasteiger partial charge on any atom is 0.254 e.